The number of ether oxygens (including phenoxy) is 1. The minimum Gasteiger partial charge on any atom is -0.493 e. The van der Waals surface area contributed by atoms with Crippen LogP contribution in [0.15, 0.2) is 27.6 Å². The van der Waals surface area contributed by atoms with Crippen molar-refractivity contribution in [3.8, 4) is 5.88 Å². The Hall–Kier alpha value is -1.89. The number of hydrogen-bond acceptors (Lipinski definition) is 5. The van der Waals surface area contributed by atoms with Crippen molar-refractivity contribution in [1.82, 2.24) is 9.38 Å². The van der Waals surface area contributed by atoms with Crippen molar-refractivity contribution < 1.29 is 14.6 Å². The monoisotopic (exact) mass is 368 g/mol. The number of esters is 1. The molecular weight excluding hydrogens is 352 g/mol. The molecule has 0 saturated carbocycles. The molecule has 2 aromatic heterocycles. The van der Waals surface area contributed by atoms with E-state index in [1.807, 2.05) is 13.8 Å². The lowest BCUT2D eigenvalue weighted by molar-refractivity contribution is -0.141. The second kappa shape index (κ2) is 6.48. The number of methoxy groups -OCH3 is 1. The van der Waals surface area contributed by atoms with Crippen LogP contribution in [-0.2, 0) is 9.53 Å². The van der Waals surface area contributed by atoms with Crippen LogP contribution in [0.3, 0.4) is 0 Å². The summed E-state index contributed by atoms with van der Waals surface area (Å²) >= 11 is 3.30. The second-order valence-corrected chi connectivity index (χ2v) is 6.28. The number of aromatic hydroxyl groups is 1. The summed E-state index contributed by atoms with van der Waals surface area (Å²) in [5, 5.41) is 10.2. The summed E-state index contributed by atoms with van der Waals surface area (Å²) in [5.41, 5.74) is 0.0948. The predicted octanol–water partition coefficient (Wildman–Crippen LogP) is 2.47. The highest BCUT2D eigenvalue weighted by Crippen LogP contribution is 2.31. The summed E-state index contributed by atoms with van der Waals surface area (Å²) in [7, 11) is 1.29. The summed E-state index contributed by atoms with van der Waals surface area (Å²) in [5.74, 6) is -1.28. The molecule has 6 nitrogen and oxygen atoms in total. The van der Waals surface area contributed by atoms with Gasteiger partial charge in [0.25, 0.3) is 5.56 Å². The lowest BCUT2D eigenvalue weighted by atomic mass is 9.86. The summed E-state index contributed by atoms with van der Waals surface area (Å²) in [6, 6.07) is 3.36. The Balaban J connectivity index is 2.66. The highest BCUT2D eigenvalue weighted by Gasteiger charge is 2.27. The first-order valence-electron chi connectivity index (χ1n) is 6.82. The molecule has 2 aromatic rings. The van der Waals surface area contributed by atoms with E-state index in [-0.39, 0.29) is 29.3 Å². The molecule has 0 aromatic carbocycles. The first-order chi connectivity index (χ1) is 10.3. The number of aromatic nitrogens is 2. The van der Waals surface area contributed by atoms with Crippen molar-refractivity contribution in [3.05, 3.63) is 38.7 Å². The lowest BCUT2D eigenvalue weighted by Crippen LogP contribution is -2.26. The Morgan fingerprint density at radius 3 is 2.73 bits per heavy atom. The number of carbonyl (C=O) groups is 1. The minimum atomic E-state index is -0.469. The smallest absolute Gasteiger partial charge is 0.306 e. The van der Waals surface area contributed by atoms with E-state index in [9.17, 15) is 14.7 Å². The Bertz CT molecular complexity index is 770. The zero-order chi connectivity index (χ0) is 16.4. The maximum atomic E-state index is 12.7. The van der Waals surface area contributed by atoms with Gasteiger partial charge < -0.3 is 9.84 Å². The normalized spacial score (nSPS) is 12.6. The van der Waals surface area contributed by atoms with E-state index in [0.29, 0.717) is 5.65 Å². The molecule has 118 valence electrons. The standard InChI is InChI=1S/C15H17BrN2O4/c1-8(2)10(6-12(19)22-3)13-14(20)17-11-5-4-9(16)7-18(11)15(13)21/h4-5,7-8,10,20H,6H2,1-3H3/t10-/m1/s1. The van der Waals surface area contributed by atoms with Gasteiger partial charge in [0.05, 0.1) is 19.1 Å². The van der Waals surface area contributed by atoms with Gasteiger partial charge in [-0.2, -0.15) is 4.98 Å². The van der Waals surface area contributed by atoms with Crippen LogP contribution in [0.4, 0.5) is 0 Å². The van der Waals surface area contributed by atoms with E-state index in [4.69, 9.17) is 0 Å². The van der Waals surface area contributed by atoms with Crippen LogP contribution in [0.2, 0.25) is 0 Å². The molecule has 2 heterocycles. The third-order valence-corrected chi connectivity index (χ3v) is 4.06. The summed E-state index contributed by atoms with van der Waals surface area (Å²) < 4.78 is 6.75. The number of carbonyl (C=O) groups excluding carboxylic acids is 1. The zero-order valence-electron chi connectivity index (χ0n) is 12.5. The Labute approximate surface area is 135 Å². The van der Waals surface area contributed by atoms with Gasteiger partial charge in [0.15, 0.2) is 0 Å². The van der Waals surface area contributed by atoms with E-state index in [1.165, 1.54) is 11.5 Å². The number of pyridine rings is 1. The molecule has 0 aliphatic carbocycles. The van der Waals surface area contributed by atoms with Gasteiger partial charge in [-0.15, -0.1) is 0 Å². The number of hydrogen-bond donors (Lipinski definition) is 1. The molecule has 0 spiro atoms. The Kier molecular flexibility index (Phi) is 4.85. The molecule has 0 aliphatic heterocycles. The van der Waals surface area contributed by atoms with Crippen LogP contribution >= 0.6 is 15.9 Å². The van der Waals surface area contributed by atoms with Crippen LogP contribution < -0.4 is 5.56 Å². The molecule has 0 bridgehead atoms. The van der Waals surface area contributed by atoms with Crippen LogP contribution in [-0.4, -0.2) is 27.6 Å². The maximum Gasteiger partial charge on any atom is 0.306 e. The van der Waals surface area contributed by atoms with Crippen molar-refractivity contribution in [1.29, 1.82) is 0 Å². The number of nitrogens with zero attached hydrogens (tertiary/aromatic N) is 2. The molecule has 2 rings (SSSR count). The SMILES string of the molecule is COC(=O)C[C@@H](c1c(O)nc2ccc(Br)cn2c1=O)C(C)C. The number of halogens is 1. The van der Waals surface area contributed by atoms with Crippen molar-refractivity contribution in [3.63, 3.8) is 0 Å². The van der Waals surface area contributed by atoms with Gasteiger partial charge in [0.1, 0.15) is 5.65 Å². The van der Waals surface area contributed by atoms with E-state index >= 15 is 0 Å². The topological polar surface area (TPSA) is 80.9 Å². The highest BCUT2D eigenvalue weighted by molar-refractivity contribution is 9.10. The zero-order valence-corrected chi connectivity index (χ0v) is 14.1. The van der Waals surface area contributed by atoms with Crippen molar-refractivity contribution in [2.24, 2.45) is 5.92 Å². The van der Waals surface area contributed by atoms with E-state index in [1.54, 1.807) is 18.3 Å². The van der Waals surface area contributed by atoms with Gasteiger partial charge in [-0.3, -0.25) is 14.0 Å². The van der Waals surface area contributed by atoms with Gasteiger partial charge in [-0.05, 0) is 34.0 Å². The molecule has 0 aliphatic rings. The minimum absolute atomic E-state index is 0.0126. The van der Waals surface area contributed by atoms with Gasteiger partial charge >= 0.3 is 5.97 Å². The van der Waals surface area contributed by atoms with E-state index in [2.05, 4.69) is 25.7 Å². The molecule has 1 atom stereocenters. The van der Waals surface area contributed by atoms with Gasteiger partial charge in [0, 0.05) is 16.6 Å². The number of fused-ring (bicyclic) bond motifs is 1. The molecule has 0 unspecified atom stereocenters. The second-order valence-electron chi connectivity index (χ2n) is 5.36. The van der Waals surface area contributed by atoms with E-state index in [0.717, 1.165) is 4.47 Å². The summed E-state index contributed by atoms with van der Waals surface area (Å²) in [6.07, 6.45) is 1.60. The van der Waals surface area contributed by atoms with Crippen LogP contribution in [0, 0.1) is 5.92 Å². The van der Waals surface area contributed by atoms with Gasteiger partial charge in [-0.25, -0.2) is 0 Å². The van der Waals surface area contributed by atoms with Crippen molar-refractivity contribution in [2.45, 2.75) is 26.2 Å². The van der Waals surface area contributed by atoms with Gasteiger partial charge in [0.2, 0.25) is 5.88 Å². The fourth-order valence-electron chi connectivity index (χ4n) is 2.37. The van der Waals surface area contributed by atoms with Crippen molar-refractivity contribution >= 4 is 27.5 Å². The largest absolute Gasteiger partial charge is 0.493 e. The van der Waals surface area contributed by atoms with E-state index < -0.39 is 11.9 Å². The van der Waals surface area contributed by atoms with Crippen LogP contribution in [0.25, 0.3) is 5.65 Å². The average Bonchev–Trinajstić information content (AvgIpc) is 2.46. The molecule has 0 saturated heterocycles. The molecule has 7 heteroatoms. The Morgan fingerprint density at radius 2 is 2.14 bits per heavy atom. The number of rotatable bonds is 4. The first-order valence-corrected chi connectivity index (χ1v) is 7.62. The molecular formula is C15H17BrN2O4. The quantitative estimate of drug-likeness (QED) is 0.838. The van der Waals surface area contributed by atoms with Gasteiger partial charge in [-0.1, -0.05) is 13.8 Å². The maximum absolute atomic E-state index is 12.7. The average molecular weight is 369 g/mol. The molecule has 22 heavy (non-hydrogen) atoms. The molecule has 1 N–H and O–H groups in total. The summed E-state index contributed by atoms with van der Waals surface area (Å²) in [6.45, 7) is 3.75. The van der Waals surface area contributed by atoms with Crippen LogP contribution in [0.1, 0.15) is 31.7 Å². The summed E-state index contributed by atoms with van der Waals surface area (Å²) in [4.78, 5) is 28.4. The fraction of sp³-hybridized carbons (Fsp3) is 0.400. The lowest BCUT2D eigenvalue weighted by Gasteiger charge is -2.20. The third kappa shape index (κ3) is 3.14. The van der Waals surface area contributed by atoms with Crippen LogP contribution in [0.5, 0.6) is 5.88 Å². The predicted molar refractivity (Wildman–Crippen MR) is 85.0 cm³/mol. The molecule has 0 radical (unpaired) electrons. The Morgan fingerprint density at radius 1 is 1.45 bits per heavy atom. The molecule has 0 amide bonds. The molecule has 0 fully saturated rings. The van der Waals surface area contributed by atoms with Crippen molar-refractivity contribution in [2.75, 3.05) is 7.11 Å². The first kappa shape index (κ1) is 16.5. The highest BCUT2D eigenvalue weighted by atomic mass is 79.9. The fourth-order valence-corrected chi connectivity index (χ4v) is 2.71. The third-order valence-electron chi connectivity index (χ3n) is 3.59.